The summed E-state index contributed by atoms with van der Waals surface area (Å²) in [5, 5.41) is 2.70. The van der Waals surface area contributed by atoms with Crippen LogP contribution in [0.5, 0.6) is 0 Å². The maximum absolute atomic E-state index is 11.3. The van der Waals surface area contributed by atoms with E-state index in [0.717, 1.165) is 17.1 Å². The molecule has 5 heteroatoms. The van der Waals surface area contributed by atoms with Crippen LogP contribution in [0.2, 0.25) is 0 Å². The molecular weight excluding hydrogens is 266 g/mol. The lowest BCUT2D eigenvalue weighted by Crippen LogP contribution is -2.09. The molecule has 1 amide bonds. The lowest BCUT2D eigenvalue weighted by molar-refractivity contribution is -0.114. The zero-order valence-electron chi connectivity index (χ0n) is 11.9. The summed E-state index contributed by atoms with van der Waals surface area (Å²) in [6, 6.07) is 14.5. The van der Waals surface area contributed by atoms with E-state index in [2.05, 4.69) is 16.2 Å². The fourth-order valence-corrected chi connectivity index (χ4v) is 1.80. The molecule has 2 aromatic rings. The van der Waals surface area contributed by atoms with Gasteiger partial charge in [0.15, 0.2) is 5.78 Å². The normalized spacial score (nSPS) is 9.81. The van der Waals surface area contributed by atoms with Crippen molar-refractivity contribution >= 4 is 28.8 Å². The van der Waals surface area contributed by atoms with Crippen LogP contribution in [0, 0.1) is 0 Å². The van der Waals surface area contributed by atoms with E-state index in [1.807, 2.05) is 24.3 Å². The molecule has 2 aromatic carbocycles. The predicted octanol–water partition coefficient (Wildman–Crippen LogP) is 3.29. The Morgan fingerprint density at radius 3 is 2.05 bits per heavy atom. The second-order valence-electron chi connectivity index (χ2n) is 4.65. The lowest BCUT2D eigenvalue weighted by atomic mass is 10.1. The van der Waals surface area contributed by atoms with Crippen LogP contribution in [0.1, 0.15) is 24.2 Å². The molecule has 3 N–H and O–H groups in total. The number of anilines is 3. The Morgan fingerprint density at radius 2 is 1.43 bits per heavy atom. The third-order valence-corrected chi connectivity index (χ3v) is 2.83. The number of carbonyl (C=O) groups excluding carboxylic acids is 2. The van der Waals surface area contributed by atoms with Crippen LogP contribution in [0.25, 0.3) is 0 Å². The van der Waals surface area contributed by atoms with E-state index < -0.39 is 0 Å². The first-order chi connectivity index (χ1) is 10.0. The van der Waals surface area contributed by atoms with E-state index in [1.165, 1.54) is 13.8 Å². The Balaban J connectivity index is 1.98. The number of hydrogen-bond donors (Lipinski definition) is 3. The fraction of sp³-hybridized carbons (Fsp3) is 0.125. The molecule has 0 unspecified atom stereocenters. The summed E-state index contributed by atoms with van der Waals surface area (Å²) >= 11 is 0. The lowest BCUT2D eigenvalue weighted by Gasteiger charge is -2.11. The maximum Gasteiger partial charge on any atom is 0.221 e. The van der Waals surface area contributed by atoms with Crippen molar-refractivity contribution in [2.45, 2.75) is 13.8 Å². The van der Waals surface area contributed by atoms with E-state index in [9.17, 15) is 9.59 Å². The average Bonchev–Trinajstić information content (AvgIpc) is 2.46. The predicted molar refractivity (Wildman–Crippen MR) is 84.4 cm³/mol. The van der Waals surface area contributed by atoms with Gasteiger partial charge in [-0.1, -0.05) is 12.1 Å². The van der Waals surface area contributed by atoms with Crippen LogP contribution in [-0.4, -0.2) is 11.7 Å². The Hall–Kier alpha value is -2.82. The summed E-state index contributed by atoms with van der Waals surface area (Å²) in [6.07, 6.45) is 0. The SMILES string of the molecule is CC(=O)Nc1ccc(NNc2cccc(C(C)=O)c2)cc1. The van der Waals surface area contributed by atoms with Gasteiger partial charge in [-0.05, 0) is 43.3 Å². The van der Waals surface area contributed by atoms with Crippen LogP contribution < -0.4 is 16.2 Å². The molecular formula is C16H17N3O2. The first-order valence-electron chi connectivity index (χ1n) is 6.55. The van der Waals surface area contributed by atoms with Crippen molar-refractivity contribution in [1.29, 1.82) is 0 Å². The van der Waals surface area contributed by atoms with Crippen molar-refractivity contribution < 1.29 is 9.59 Å². The summed E-state index contributed by atoms with van der Waals surface area (Å²) in [5.41, 5.74) is 9.10. The van der Waals surface area contributed by atoms with Gasteiger partial charge in [-0.25, -0.2) is 0 Å². The minimum absolute atomic E-state index is 0.0262. The monoisotopic (exact) mass is 283 g/mol. The van der Waals surface area contributed by atoms with Crippen molar-refractivity contribution in [2.24, 2.45) is 0 Å². The van der Waals surface area contributed by atoms with Crippen molar-refractivity contribution in [1.82, 2.24) is 0 Å². The zero-order valence-corrected chi connectivity index (χ0v) is 11.9. The number of ketones is 1. The molecule has 108 valence electrons. The number of rotatable bonds is 5. The first kappa shape index (κ1) is 14.6. The van der Waals surface area contributed by atoms with Crippen molar-refractivity contribution in [3.8, 4) is 0 Å². The summed E-state index contributed by atoms with van der Waals surface area (Å²) < 4.78 is 0. The highest BCUT2D eigenvalue weighted by atomic mass is 16.1. The van der Waals surface area contributed by atoms with Gasteiger partial charge >= 0.3 is 0 Å². The van der Waals surface area contributed by atoms with Crippen molar-refractivity contribution in [3.05, 3.63) is 54.1 Å². The minimum atomic E-state index is -0.102. The number of carbonyl (C=O) groups is 2. The minimum Gasteiger partial charge on any atom is -0.326 e. The molecule has 0 heterocycles. The second kappa shape index (κ2) is 6.56. The quantitative estimate of drug-likeness (QED) is 0.581. The molecule has 0 saturated carbocycles. The molecule has 0 radical (unpaired) electrons. The molecule has 0 atom stereocenters. The average molecular weight is 283 g/mol. The van der Waals surface area contributed by atoms with Gasteiger partial charge in [-0.3, -0.25) is 9.59 Å². The Kier molecular flexibility index (Phi) is 4.56. The molecule has 0 saturated heterocycles. The molecule has 0 aliphatic heterocycles. The van der Waals surface area contributed by atoms with Crippen LogP contribution >= 0.6 is 0 Å². The number of Topliss-reactive ketones (excluding diaryl/α,β-unsaturated/α-hetero) is 1. The van der Waals surface area contributed by atoms with E-state index in [0.29, 0.717) is 5.56 Å². The van der Waals surface area contributed by atoms with Gasteiger partial charge < -0.3 is 16.2 Å². The first-order valence-corrected chi connectivity index (χ1v) is 6.55. The van der Waals surface area contributed by atoms with E-state index >= 15 is 0 Å². The van der Waals surface area contributed by atoms with Gasteiger partial charge in [-0.15, -0.1) is 0 Å². The van der Waals surface area contributed by atoms with Crippen molar-refractivity contribution in [3.63, 3.8) is 0 Å². The number of amides is 1. The highest BCUT2D eigenvalue weighted by Gasteiger charge is 2.00. The fourth-order valence-electron chi connectivity index (χ4n) is 1.80. The Labute approximate surface area is 123 Å². The standard InChI is InChI=1S/C16H17N3O2/c1-11(20)13-4-3-5-16(10-13)19-18-15-8-6-14(7-9-15)17-12(2)21/h3-10,18-19H,1-2H3,(H,17,21). The Morgan fingerprint density at radius 1 is 0.810 bits per heavy atom. The number of hydrazine groups is 1. The smallest absolute Gasteiger partial charge is 0.221 e. The highest BCUT2D eigenvalue weighted by molar-refractivity contribution is 5.95. The summed E-state index contributed by atoms with van der Waals surface area (Å²) in [6.45, 7) is 3.00. The molecule has 5 nitrogen and oxygen atoms in total. The van der Waals surface area contributed by atoms with Gasteiger partial charge in [0, 0.05) is 18.2 Å². The number of nitrogens with one attached hydrogen (secondary N) is 3. The summed E-state index contributed by atoms with van der Waals surface area (Å²) in [7, 11) is 0. The molecule has 0 fully saturated rings. The van der Waals surface area contributed by atoms with Crippen molar-refractivity contribution in [2.75, 3.05) is 16.2 Å². The van der Waals surface area contributed by atoms with Crippen LogP contribution in [0.3, 0.4) is 0 Å². The molecule has 0 aromatic heterocycles. The summed E-state index contributed by atoms with van der Waals surface area (Å²) in [5.74, 6) is -0.0757. The van der Waals surface area contributed by atoms with Gasteiger partial charge in [0.05, 0.1) is 11.4 Å². The Bertz CT molecular complexity index is 651. The van der Waals surface area contributed by atoms with Crippen LogP contribution in [0.15, 0.2) is 48.5 Å². The van der Waals surface area contributed by atoms with E-state index in [-0.39, 0.29) is 11.7 Å². The molecule has 2 rings (SSSR count). The molecule has 0 bridgehead atoms. The number of benzene rings is 2. The topological polar surface area (TPSA) is 70.2 Å². The summed E-state index contributed by atoms with van der Waals surface area (Å²) in [4.78, 5) is 22.2. The number of hydrogen-bond acceptors (Lipinski definition) is 4. The third-order valence-electron chi connectivity index (χ3n) is 2.83. The maximum atomic E-state index is 11.3. The van der Waals surface area contributed by atoms with Crippen LogP contribution in [0.4, 0.5) is 17.1 Å². The molecule has 21 heavy (non-hydrogen) atoms. The van der Waals surface area contributed by atoms with E-state index in [1.54, 1.807) is 24.3 Å². The molecule has 0 spiro atoms. The zero-order chi connectivity index (χ0) is 15.2. The van der Waals surface area contributed by atoms with Gasteiger partial charge in [0.1, 0.15) is 0 Å². The van der Waals surface area contributed by atoms with Gasteiger partial charge in [0.2, 0.25) is 5.91 Å². The van der Waals surface area contributed by atoms with Crippen LogP contribution in [-0.2, 0) is 4.79 Å². The van der Waals surface area contributed by atoms with Gasteiger partial charge in [0.25, 0.3) is 0 Å². The highest BCUT2D eigenvalue weighted by Crippen LogP contribution is 2.15. The molecule has 0 aliphatic rings. The molecule has 0 aliphatic carbocycles. The third kappa shape index (κ3) is 4.35. The second-order valence-corrected chi connectivity index (χ2v) is 4.65. The van der Waals surface area contributed by atoms with Gasteiger partial charge in [-0.2, -0.15) is 0 Å². The van der Waals surface area contributed by atoms with E-state index in [4.69, 9.17) is 0 Å². The largest absolute Gasteiger partial charge is 0.326 e.